The molecule has 0 aromatic heterocycles. The molecule has 90 valence electrons. The van der Waals surface area contributed by atoms with E-state index in [1.165, 1.54) is 32.1 Å². The molecule has 0 N–H and O–H groups in total. The highest BCUT2D eigenvalue weighted by molar-refractivity contribution is 5.76. The van der Waals surface area contributed by atoms with Crippen LogP contribution in [0, 0.1) is 17.2 Å². The van der Waals surface area contributed by atoms with E-state index in [0.29, 0.717) is 6.42 Å². The monoisotopic (exact) mass is 222 g/mol. The van der Waals surface area contributed by atoms with E-state index in [1.54, 1.807) is 18.9 Å². The number of rotatable bonds is 4. The summed E-state index contributed by atoms with van der Waals surface area (Å²) in [5, 5.41) is 8.73. The van der Waals surface area contributed by atoms with Gasteiger partial charge in [-0.1, -0.05) is 32.1 Å². The Morgan fingerprint density at radius 3 is 2.62 bits per heavy atom. The molecular formula is C13H22N2O. The maximum atomic E-state index is 11.8. The highest BCUT2D eigenvalue weighted by atomic mass is 16.2. The average Bonchev–Trinajstić information content (AvgIpc) is 2.35. The topological polar surface area (TPSA) is 44.1 Å². The fourth-order valence-corrected chi connectivity index (χ4v) is 2.28. The van der Waals surface area contributed by atoms with Crippen LogP contribution in [0.25, 0.3) is 0 Å². The van der Waals surface area contributed by atoms with Crippen LogP contribution >= 0.6 is 0 Å². The number of carbonyl (C=O) groups is 1. The van der Waals surface area contributed by atoms with Gasteiger partial charge in [0.05, 0.1) is 6.07 Å². The second kappa shape index (κ2) is 6.52. The molecule has 0 aromatic carbocycles. The zero-order chi connectivity index (χ0) is 12.0. The van der Waals surface area contributed by atoms with E-state index >= 15 is 0 Å². The van der Waals surface area contributed by atoms with Crippen molar-refractivity contribution >= 4 is 5.91 Å². The van der Waals surface area contributed by atoms with Crippen LogP contribution in [0.1, 0.15) is 51.9 Å². The number of hydrogen-bond donors (Lipinski definition) is 0. The molecule has 1 saturated carbocycles. The lowest BCUT2D eigenvalue weighted by atomic mass is 9.86. The molecule has 0 bridgehead atoms. The summed E-state index contributed by atoms with van der Waals surface area (Å²) < 4.78 is 0. The summed E-state index contributed by atoms with van der Waals surface area (Å²) in [4.78, 5) is 13.3. The predicted octanol–water partition coefficient (Wildman–Crippen LogP) is 2.72. The van der Waals surface area contributed by atoms with Crippen molar-refractivity contribution in [1.29, 1.82) is 5.26 Å². The lowest BCUT2D eigenvalue weighted by Crippen LogP contribution is -2.34. The van der Waals surface area contributed by atoms with Gasteiger partial charge in [-0.05, 0) is 19.3 Å². The largest absolute Gasteiger partial charge is 0.330 e. The molecule has 0 heterocycles. The van der Waals surface area contributed by atoms with Gasteiger partial charge in [-0.3, -0.25) is 4.79 Å². The van der Waals surface area contributed by atoms with Gasteiger partial charge in [-0.2, -0.15) is 5.26 Å². The van der Waals surface area contributed by atoms with Gasteiger partial charge in [-0.25, -0.2) is 0 Å². The van der Waals surface area contributed by atoms with E-state index in [-0.39, 0.29) is 11.9 Å². The summed E-state index contributed by atoms with van der Waals surface area (Å²) in [5.41, 5.74) is 0. The molecule has 16 heavy (non-hydrogen) atoms. The van der Waals surface area contributed by atoms with Crippen molar-refractivity contribution in [2.24, 2.45) is 5.92 Å². The first-order chi connectivity index (χ1) is 7.65. The number of hydrogen-bond acceptors (Lipinski definition) is 2. The van der Waals surface area contributed by atoms with Gasteiger partial charge >= 0.3 is 0 Å². The van der Waals surface area contributed by atoms with Crippen LogP contribution in [0.2, 0.25) is 0 Å². The van der Waals surface area contributed by atoms with Crippen LogP contribution in [0.3, 0.4) is 0 Å². The molecule has 3 nitrogen and oxygen atoms in total. The quantitative estimate of drug-likeness (QED) is 0.734. The lowest BCUT2D eigenvalue weighted by molar-refractivity contribution is -0.131. The van der Waals surface area contributed by atoms with Crippen LogP contribution in [-0.2, 0) is 4.79 Å². The highest BCUT2D eigenvalue weighted by Gasteiger charge is 2.18. The Hall–Kier alpha value is -1.04. The Morgan fingerprint density at radius 2 is 2.06 bits per heavy atom. The molecule has 3 heteroatoms. The van der Waals surface area contributed by atoms with Crippen LogP contribution in [0.4, 0.5) is 0 Å². The van der Waals surface area contributed by atoms with Crippen molar-refractivity contribution in [3.63, 3.8) is 0 Å². The van der Waals surface area contributed by atoms with Crippen molar-refractivity contribution in [2.45, 2.75) is 57.9 Å². The molecule has 1 atom stereocenters. The van der Waals surface area contributed by atoms with Gasteiger partial charge < -0.3 is 4.90 Å². The Kier molecular flexibility index (Phi) is 5.31. The molecule has 0 saturated heterocycles. The third-order valence-corrected chi connectivity index (χ3v) is 3.65. The van der Waals surface area contributed by atoms with Crippen molar-refractivity contribution in [1.82, 2.24) is 4.90 Å². The Balaban J connectivity index is 2.26. The Morgan fingerprint density at radius 1 is 1.44 bits per heavy atom. The van der Waals surface area contributed by atoms with E-state index in [1.807, 2.05) is 0 Å². The summed E-state index contributed by atoms with van der Waals surface area (Å²) in [5.74, 6) is 0.850. The lowest BCUT2D eigenvalue weighted by Gasteiger charge is -2.23. The second-order valence-electron chi connectivity index (χ2n) is 4.85. The highest BCUT2D eigenvalue weighted by Crippen LogP contribution is 2.27. The smallest absolute Gasteiger partial charge is 0.223 e. The zero-order valence-corrected chi connectivity index (χ0v) is 10.4. The van der Waals surface area contributed by atoms with Crippen molar-refractivity contribution in [3.05, 3.63) is 0 Å². The molecule has 1 rings (SSSR count). The molecule has 1 amide bonds. The van der Waals surface area contributed by atoms with Gasteiger partial charge in [0.15, 0.2) is 0 Å². The molecule has 1 aliphatic rings. The molecule has 1 unspecified atom stereocenters. The van der Waals surface area contributed by atoms with Gasteiger partial charge in [0.25, 0.3) is 0 Å². The standard InChI is InChI=1S/C13H22N2O/c1-11(10-14)15(2)13(16)9-8-12-6-4-3-5-7-12/h11-12H,3-9H2,1-2H3. The van der Waals surface area contributed by atoms with Crippen LogP contribution < -0.4 is 0 Å². The minimum Gasteiger partial charge on any atom is -0.330 e. The fraction of sp³-hybridized carbons (Fsp3) is 0.846. The molecule has 0 aromatic rings. The Bertz CT molecular complexity index is 264. The first-order valence-electron chi connectivity index (χ1n) is 6.30. The van der Waals surface area contributed by atoms with Crippen molar-refractivity contribution < 1.29 is 4.79 Å². The molecular weight excluding hydrogens is 200 g/mol. The van der Waals surface area contributed by atoms with Crippen molar-refractivity contribution in [2.75, 3.05) is 7.05 Å². The van der Waals surface area contributed by atoms with Gasteiger partial charge in [0.1, 0.15) is 6.04 Å². The zero-order valence-electron chi connectivity index (χ0n) is 10.4. The summed E-state index contributed by atoms with van der Waals surface area (Å²) in [6.07, 6.45) is 8.17. The molecule has 0 spiro atoms. The third kappa shape index (κ3) is 3.84. The number of amides is 1. The molecule has 0 aliphatic heterocycles. The van der Waals surface area contributed by atoms with Crippen LogP contribution in [-0.4, -0.2) is 23.9 Å². The van der Waals surface area contributed by atoms with Crippen molar-refractivity contribution in [3.8, 4) is 6.07 Å². The number of carbonyl (C=O) groups excluding carboxylic acids is 1. The average molecular weight is 222 g/mol. The molecule has 1 aliphatic carbocycles. The van der Waals surface area contributed by atoms with E-state index in [0.717, 1.165) is 12.3 Å². The van der Waals surface area contributed by atoms with Gasteiger partial charge in [-0.15, -0.1) is 0 Å². The minimum absolute atomic E-state index is 0.111. The van der Waals surface area contributed by atoms with E-state index < -0.39 is 0 Å². The predicted molar refractivity (Wildman–Crippen MR) is 63.7 cm³/mol. The third-order valence-electron chi connectivity index (χ3n) is 3.65. The summed E-state index contributed by atoms with van der Waals surface area (Å²) in [6.45, 7) is 1.76. The fourth-order valence-electron chi connectivity index (χ4n) is 2.28. The maximum Gasteiger partial charge on any atom is 0.223 e. The normalized spacial score (nSPS) is 18.8. The number of nitrogens with zero attached hydrogens (tertiary/aromatic N) is 2. The Labute approximate surface area is 98.4 Å². The van der Waals surface area contributed by atoms with Gasteiger partial charge in [0.2, 0.25) is 5.91 Å². The molecule has 1 fully saturated rings. The van der Waals surface area contributed by atoms with Gasteiger partial charge in [0, 0.05) is 13.5 Å². The summed E-state index contributed by atoms with van der Waals surface area (Å²) in [6, 6.07) is 1.78. The number of nitriles is 1. The summed E-state index contributed by atoms with van der Waals surface area (Å²) in [7, 11) is 1.72. The van der Waals surface area contributed by atoms with E-state index in [4.69, 9.17) is 5.26 Å². The minimum atomic E-state index is -0.307. The maximum absolute atomic E-state index is 11.8. The van der Waals surface area contributed by atoms with E-state index in [9.17, 15) is 4.79 Å². The SMILES string of the molecule is CC(C#N)N(C)C(=O)CCC1CCCCC1. The first kappa shape index (κ1) is 13.0. The van der Waals surface area contributed by atoms with E-state index in [2.05, 4.69) is 6.07 Å². The van der Waals surface area contributed by atoms with Crippen LogP contribution in [0.15, 0.2) is 0 Å². The second-order valence-corrected chi connectivity index (χ2v) is 4.85. The van der Waals surface area contributed by atoms with Crippen LogP contribution in [0.5, 0.6) is 0 Å². The first-order valence-corrected chi connectivity index (χ1v) is 6.30. The summed E-state index contributed by atoms with van der Waals surface area (Å²) >= 11 is 0. The molecule has 0 radical (unpaired) electrons.